The van der Waals surface area contributed by atoms with Crippen molar-refractivity contribution in [2.45, 2.75) is 25.7 Å². The number of pyridine rings is 1. The molecule has 0 spiro atoms. The van der Waals surface area contributed by atoms with Crippen molar-refractivity contribution in [2.24, 2.45) is 7.05 Å². The van der Waals surface area contributed by atoms with Gasteiger partial charge in [-0.3, -0.25) is 4.79 Å². The molecule has 1 fully saturated rings. The third-order valence-electron chi connectivity index (χ3n) is 4.36. The highest BCUT2D eigenvalue weighted by Gasteiger charge is 2.25. The van der Waals surface area contributed by atoms with Gasteiger partial charge in [-0.1, -0.05) is 6.08 Å². The average molecular weight is 283 g/mol. The fraction of sp³-hybridized carbons (Fsp3) is 0.412. The summed E-state index contributed by atoms with van der Waals surface area (Å²) in [5.74, 6) is 0.647. The van der Waals surface area contributed by atoms with Crippen LogP contribution in [0.5, 0.6) is 0 Å². The van der Waals surface area contributed by atoms with Crippen LogP contribution in [0, 0.1) is 0 Å². The first-order chi connectivity index (χ1) is 10.2. The molecular weight excluding hydrogens is 262 g/mol. The molecule has 0 atom stereocenters. The zero-order valence-electron chi connectivity index (χ0n) is 12.6. The van der Waals surface area contributed by atoms with Crippen molar-refractivity contribution in [1.29, 1.82) is 0 Å². The van der Waals surface area contributed by atoms with Crippen LogP contribution in [0.25, 0.3) is 11.0 Å². The third kappa shape index (κ3) is 2.58. The minimum atomic E-state index is 0.134. The molecule has 0 bridgehead atoms. The molecule has 0 unspecified atom stereocenters. The predicted octanol–water partition coefficient (Wildman–Crippen LogP) is 2.86. The molecule has 1 saturated heterocycles. The topological polar surface area (TPSA) is 38.1 Å². The Bertz CT molecular complexity index is 678. The summed E-state index contributed by atoms with van der Waals surface area (Å²) in [6.07, 6.45) is 7.34. The summed E-state index contributed by atoms with van der Waals surface area (Å²) in [4.78, 5) is 18.3. The molecule has 3 heterocycles. The molecule has 2 aromatic heterocycles. The van der Waals surface area contributed by atoms with Crippen LogP contribution in [-0.4, -0.2) is 33.4 Å². The summed E-state index contributed by atoms with van der Waals surface area (Å²) in [6, 6.07) is 6.33. The minimum absolute atomic E-state index is 0.134. The van der Waals surface area contributed by atoms with Crippen LogP contribution >= 0.6 is 0 Å². The van der Waals surface area contributed by atoms with E-state index in [1.165, 1.54) is 11.1 Å². The maximum atomic E-state index is 11.9. The van der Waals surface area contributed by atoms with E-state index in [1.54, 1.807) is 6.08 Å². The van der Waals surface area contributed by atoms with Gasteiger partial charge in [0.15, 0.2) is 0 Å². The zero-order valence-corrected chi connectivity index (χ0v) is 12.6. The van der Waals surface area contributed by atoms with Crippen LogP contribution in [0.1, 0.15) is 31.4 Å². The summed E-state index contributed by atoms with van der Waals surface area (Å²) in [7, 11) is 2.09. The standard InChI is InChI=1S/C17H21N3O/c1-3-5-16(21)20-10-7-13(8-11-20)15-12-14-6-4-9-18-17(14)19(15)2/h3-6,9,12-13H,7-8,10-11H2,1-2H3/b5-3+. The Hall–Kier alpha value is -2.10. The van der Waals surface area contributed by atoms with Gasteiger partial charge >= 0.3 is 0 Å². The molecule has 1 aliphatic heterocycles. The number of aromatic nitrogens is 2. The fourth-order valence-corrected chi connectivity index (χ4v) is 3.22. The largest absolute Gasteiger partial charge is 0.339 e. The van der Waals surface area contributed by atoms with Crippen molar-refractivity contribution >= 4 is 16.9 Å². The number of carbonyl (C=O) groups is 1. The Morgan fingerprint density at radius 3 is 2.81 bits per heavy atom. The van der Waals surface area contributed by atoms with Gasteiger partial charge in [-0.2, -0.15) is 0 Å². The Morgan fingerprint density at radius 2 is 2.14 bits per heavy atom. The number of rotatable bonds is 2. The monoisotopic (exact) mass is 283 g/mol. The van der Waals surface area contributed by atoms with Crippen LogP contribution in [0.3, 0.4) is 0 Å². The fourth-order valence-electron chi connectivity index (χ4n) is 3.22. The smallest absolute Gasteiger partial charge is 0.246 e. The number of likely N-dealkylation sites (tertiary alicyclic amines) is 1. The highest BCUT2D eigenvalue weighted by molar-refractivity contribution is 5.87. The molecule has 2 aromatic rings. The average Bonchev–Trinajstić information content (AvgIpc) is 2.85. The lowest BCUT2D eigenvalue weighted by Crippen LogP contribution is -2.37. The number of hydrogen-bond acceptors (Lipinski definition) is 2. The van der Waals surface area contributed by atoms with Gasteiger partial charge in [-0.15, -0.1) is 0 Å². The van der Waals surface area contributed by atoms with E-state index in [0.29, 0.717) is 5.92 Å². The number of nitrogens with zero attached hydrogens (tertiary/aromatic N) is 3. The number of fused-ring (bicyclic) bond motifs is 1. The number of allylic oxidation sites excluding steroid dienone is 1. The summed E-state index contributed by atoms with van der Waals surface area (Å²) in [6.45, 7) is 3.55. The van der Waals surface area contributed by atoms with Gasteiger partial charge < -0.3 is 9.47 Å². The van der Waals surface area contributed by atoms with Crippen molar-refractivity contribution in [3.05, 3.63) is 42.2 Å². The molecule has 0 N–H and O–H groups in total. The third-order valence-corrected chi connectivity index (χ3v) is 4.36. The van der Waals surface area contributed by atoms with Crippen molar-refractivity contribution < 1.29 is 4.79 Å². The molecule has 1 amide bonds. The highest BCUT2D eigenvalue weighted by Crippen LogP contribution is 2.31. The molecule has 110 valence electrons. The first-order valence-electron chi connectivity index (χ1n) is 7.52. The van der Waals surface area contributed by atoms with Gasteiger partial charge in [0.05, 0.1) is 0 Å². The number of hydrogen-bond donors (Lipinski definition) is 0. The molecule has 21 heavy (non-hydrogen) atoms. The van der Waals surface area contributed by atoms with Gasteiger partial charge in [0.1, 0.15) is 5.65 Å². The van der Waals surface area contributed by atoms with E-state index in [9.17, 15) is 4.79 Å². The summed E-state index contributed by atoms with van der Waals surface area (Å²) < 4.78 is 2.20. The summed E-state index contributed by atoms with van der Waals surface area (Å²) in [5.41, 5.74) is 2.38. The molecule has 4 heteroatoms. The maximum Gasteiger partial charge on any atom is 0.246 e. The van der Waals surface area contributed by atoms with Crippen molar-refractivity contribution in [3.8, 4) is 0 Å². The highest BCUT2D eigenvalue weighted by atomic mass is 16.2. The van der Waals surface area contributed by atoms with E-state index in [1.807, 2.05) is 30.2 Å². The van der Waals surface area contributed by atoms with Crippen LogP contribution in [0.2, 0.25) is 0 Å². The van der Waals surface area contributed by atoms with Gasteiger partial charge in [-0.25, -0.2) is 4.98 Å². The van der Waals surface area contributed by atoms with Crippen LogP contribution < -0.4 is 0 Å². The lowest BCUT2D eigenvalue weighted by Gasteiger charge is -2.31. The van der Waals surface area contributed by atoms with E-state index in [4.69, 9.17) is 0 Å². The SMILES string of the molecule is C/C=C/C(=O)N1CCC(c2cc3cccnc3n2C)CC1. The summed E-state index contributed by atoms with van der Waals surface area (Å²) in [5, 5.41) is 1.20. The first kappa shape index (κ1) is 13.9. The number of amides is 1. The van der Waals surface area contributed by atoms with Gasteiger partial charge in [0.25, 0.3) is 0 Å². The zero-order chi connectivity index (χ0) is 14.8. The lowest BCUT2D eigenvalue weighted by atomic mass is 9.93. The Morgan fingerprint density at radius 1 is 1.38 bits per heavy atom. The van der Waals surface area contributed by atoms with Crippen LogP contribution in [-0.2, 0) is 11.8 Å². The lowest BCUT2D eigenvalue weighted by molar-refractivity contribution is -0.127. The Kier molecular flexibility index (Phi) is 3.78. The van der Waals surface area contributed by atoms with E-state index < -0.39 is 0 Å². The second-order valence-electron chi connectivity index (χ2n) is 5.64. The van der Waals surface area contributed by atoms with E-state index in [2.05, 4.69) is 28.7 Å². The second-order valence-corrected chi connectivity index (χ2v) is 5.64. The van der Waals surface area contributed by atoms with Gasteiger partial charge in [-0.05, 0) is 44.0 Å². The van der Waals surface area contributed by atoms with E-state index >= 15 is 0 Å². The molecule has 1 aliphatic rings. The quantitative estimate of drug-likeness (QED) is 0.795. The predicted molar refractivity (Wildman–Crippen MR) is 84.1 cm³/mol. The van der Waals surface area contributed by atoms with Crippen LogP contribution in [0.15, 0.2) is 36.5 Å². The molecular formula is C17H21N3O. The Balaban J connectivity index is 1.77. The normalized spacial score (nSPS) is 17.0. The molecule has 0 aliphatic carbocycles. The van der Waals surface area contributed by atoms with E-state index in [0.717, 1.165) is 31.6 Å². The second kappa shape index (κ2) is 5.72. The van der Waals surface area contributed by atoms with Crippen molar-refractivity contribution in [3.63, 3.8) is 0 Å². The van der Waals surface area contributed by atoms with Crippen molar-refractivity contribution in [1.82, 2.24) is 14.5 Å². The Labute approximate surface area is 125 Å². The van der Waals surface area contributed by atoms with Crippen LogP contribution in [0.4, 0.5) is 0 Å². The maximum absolute atomic E-state index is 11.9. The number of piperidine rings is 1. The van der Waals surface area contributed by atoms with Crippen molar-refractivity contribution in [2.75, 3.05) is 13.1 Å². The van der Waals surface area contributed by atoms with Gasteiger partial charge in [0.2, 0.25) is 5.91 Å². The first-order valence-corrected chi connectivity index (χ1v) is 7.52. The molecule has 0 saturated carbocycles. The molecule has 4 nitrogen and oxygen atoms in total. The minimum Gasteiger partial charge on any atom is -0.339 e. The number of aryl methyl sites for hydroxylation is 1. The molecule has 0 radical (unpaired) electrons. The summed E-state index contributed by atoms with van der Waals surface area (Å²) >= 11 is 0. The molecule has 3 rings (SSSR count). The van der Waals surface area contributed by atoms with E-state index in [-0.39, 0.29) is 5.91 Å². The molecule has 0 aromatic carbocycles. The van der Waals surface area contributed by atoms with Gasteiger partial charge in [0, 0.05) is 43.3 Å². The number of carbonyl (C=O) groups excluding carboxylic acids is 1.